The van der Waals surface area contributed by atoms with Gasteiger partial charge in [-0.05, 0) is 49.2 Å². The Morgan fingerprint density at radius 2 is 2.00 bits per heavy atom. The highest BCUT2D eigenvalue weighted by molar-refractivity contribution is 7.99. The summed E-state index contributed by atoms with van der Waals surface area (Å²) in [6.45, 7) is 3.96. The number of aryl methyl sites for hydroxylation is 2. The number of amides is 1. The van der Waals surface area contributed by atoms with E-state index in [2.05, 4.69) is 10.3 Å². The molecule has 0 aliphatic rings. The van der Waals surface area contributed by atoms with Crippen LogP contribution in [0.5, 0.6) is 5.75 Å². The summed E-state index contributed by atoms with van der Waals surface area (Å²) >= 11 is 7.50. The number of H-pyrrole nitrogens is 1. The molecule has 3 aromatic rings. The molecule has 0 unspecified atom stereocenters. The van der Waals surface area contributed by atoms with Gasteiger partial charge >= 0.3 is 0 Å². The van der Waals surface area contributed by atoms with E-state index in [9.17, 15) is 9.59 Å². The fraction of sp³-hybridized carbons (Fsp3) is 0.238. The number of aromatic amines is 1. The molecule has 0 fully saturated rings. The van der Waals surface area contributed by atoms with E-state index in [1.165, 1.54) is 18.9 Å². The van der Waals surface area contributed by atoms with Crippen molar-refractivity contribution < 1.29 is 9.53 Å². The van der Waals surface area contributed by atoms with Crippen molar-refractivity contribution in [3.8, 4) is 5.75 Å². The fourth-order valence-electron chi connectivity index (χ4n) is 3.03. The number of aromatic nitrogens is 1. The molecule has 2 N–H and O–H groups in total. The van der Waals surface area contributed by atoms with Crippen LogP contribution >= 0.6 is 23.4 Å². The zero-order valence-electron chi connectivity index (χ0n) is 15.9. The predicted molar refractivity (Wildman–Crippen MR) is 117 cm³/mol. The molecule has 0 aliphatic carbocycles. The van der Waals surface area contributed by atoms with E-state index in [0.29, 0.717) is 27.6 Å². The molecule has 2 aromatic carbocycles. The molecule has 146 valence electrons. The fourth-order valence-corrected chi connectivity index (χ4v) is 4.03. The Kier molecular flexibility index (Phi) is 6.31. The first-order valence-corrected chi connectivity index (χ1v) is 10.2. The summed E-state index contributed by atoms with van der Waals surface area (Å²) in [6, 6.07) is 10.6. The van der Waals surface area contributed by atoms with Crippen molar-refractivity contribution in [2.24, 2.45) is 0 Å². The van der Waals surface area contributed by atoms with Crippen LogP contribution in [-0.4, -0.2) is 23.8 Å². The molecule has 1 heterocycles. The van der Waals surface area contributed by atoms with Gasteiger partial charge in [0.05, 0.1) is 23.4 Å². The Balaban J connectivity index is 1.62. The summed E-state index contributed by atoms with van der Waals surface area (Å²) in [6.07, 6.45) is 0. The molecule has 5 nitrogen and oxygen atoms in total. The number of anilines is 1. The van der Waals surface area contributed by atoms with Crippen LogP contribution in [0.25, 0.3) is 10.9 Å². The lowest BCUT2D eigenvalue weighted by Crippen LogP contribution is -2.14. The van der Waals surface area contributed by atoms with Crippen molar-refractivity contribution in [2.45, 2.75) is 19.6 Å². The predicted octanol–water partition coefficient (Wildman–Crippen LogP) is 4.68. The second-order valence-corrected chi connectivity index (χ2v) is 7.95. The van der Waals surface area contributed by atoms with E-state index < -0.39 is 0 Å². The lowest BCUT2D eigenvalue weighted by Gasteiger charge is -2.09. The Labute approximate surface area is 172 Å². The third-order valence-electron chi connectivity index (χ3n) is 4.26. The van der Waals surface area contributed by atoms with Crippen LogP contribution in [0.2, 0.25) is 5.02 Å². The van der Waals surface area contributed by atoms with Gasteiger partial charge in [0, 0.05) is 28.6 Å². The third kappa shape index (κ3) is 4.69. The Hall–Kier alpha value is -2.44. The number of benzene rings is 2. The molecule has 7 heteroatoms. The maximum absolute atomic E-state index is 12.4. The average molecular weight is 417 g/mol. The topological polar surface area (TPSA) is 71.2 Å². The maximum Gasteiger partial charge on any atom is 0.234 e. The second kappa shape index (κ2) is 8.71. The molecule has 28 heavy (non-hydrogen) atoms. The highest BCUT2D eigenvalue weighted by atomic mass is 35.5. The van der Waals surface area contributed by atoms with Gasteiger partial charge in [0.15, 0.2) is 5.43 Å². The van der Waals surface area contributed by atoms with E-state index in [0.717, 1.165) is 22.3 Å². The number of pyridine rings is 1. The first kappa shape index (κ1) is 20.3. The number of carbonyl (C=O) groups excluding carboxylic acids is 1. The molecule has 0 atom stereocenters. The monoisotopic (exact) mass is 416 g/mol. The summed E-state index contributed by atoms with van der Waals surface area (Å²) in [5.74, 6) is 1.22. The summed E-state index contributed by atoms with van der Waals surface area (Å²) in [4.78, 5) is 27.9. The molecular formula is C21H21ClN2O3S. The highest BCUT2D eigenvalue weighted by Crippen LogP contribution is 2.27. The van der Waals surface area contributed by atoms with Crippen molar-refractivity contribution in [1.82, 2.24) is 4.98 Å². The Bertz CT molecular complexity index is 1090. The van der Waals surface area contributed by atoms with Crippen LogP contribution in [0.3, 0.4) is 0 Å². The van der Waals surface area contributed by atoms with Crippen LogP contribution < -0.4 is 15.5 Å². The number of rotatable bonds is 6. The summed E-state index contributed by atoms with van der Waals surface area (Å²) in [5.41, 5.74) is 4.36. The van der Waals surface area contributed by atoms with Crippen LogP contribution in [0, 0.1) is 13.8 Å². The number of hydrogen-bond donors (Lipinski definition) is 2. The SMILES string of the molecule is COc1ccc(NC(=O)CSCc2cc(=O)c3cc(C)cc(C)c3[nH]2)cc1Cl. The molecule has 0 bridgehead atoms. The highest BCUT2D eigenvalue weighted by Gasteiger charge is 2.09. The number of nitrogens with one attached hydrogen (secondary N) is 2. The van der Waals surface area contributed by atoms with Gasteiger partial charge in [-0.25, -0.2) is 0 Å². The van der Waals surface area contributed by atoms with Gasteiger partial charge in [-0.3, -0.25) is 9.59 Å². The molecule has 0 spiro atoms. The smallest absolute Gasteiger partial charge is 0.234 e. The van der Waals surface area contributed by atoms with Crippen LogP contribution in [0.15, 0.2) is 41.2 Å². The Morgan fingerprint density at radius 1 is 1.21 bits per heavy atom. The van der Waals surface area contributed by atoms with Crippen molar-refractivity contribution >= 4 is 45.9 Å². The van der Waals surface area contributed by atoms with Gasteiger partial charge in [-0.2, -0.15) is 0 Å². The van der Waals surface area contributed by atoms with Crippen LogP contribution in [-0.2, 0) is 10.5 Å². The zero-order valence-corrected chi connectivity index (χ0v) is 17.5. The minimum atomic E-state index is -0.138. The number of thioether (sulfide) groups is 1. The molecular weight excluding hydrogens is 396 g/mol. The normalized spacial score (nSPS) is 10.9. The summed E-state index contributed by atoms with van der Waals surface area (Å²) in [5, 5.41) is 3.94. The minimum absolute atomic E-state index is 0.00604. The Morgan fingerprint density at radius 3 is 2.71 bits per heavy atom. The van der Waals surface area contributed by atoms with Gasteiger partial charge in [-0.1, -0.05) is 17.7 Å². The van der Waals surface area contributed by atoms with Gasteiger partial charge < -0.3 is 15.0 Å². The van der Waals surface area contributed by atoms with Gasteiger partial charge in [0.25, 0.3) is 0 Å². The number of ether oxygens (including phenoxy) is 1. The number of methoxy groups -OCH3 is 1. The molecule has 0 saturated heterocycles. The molecule has 1 amide bonds. The standard InChI is InChI=1S/C21H21ClN2O3S/c1-12-6-13(2)21-16(7-12)18(25)9-15(24-21)10-28-11-20(26)23-14-4-5-19(27-3)17(22)8-14/h4-9H,10-11H2,1-3H3,(H,23,26)(H,24,25). The quantitative estimate of drug-likeness (QED) is 0.612. The lowest BCUT2D eigenvalue weighted by atomic mass is 10.1. The lowest BCUT2D eigenvalue weighted by molar-refractivity contribution is -0.113. The third-order valence-corrected chi connectivity index (χ3v) is 5.54. The number of carbonyl (C=O) groups is 1. The van der Waals surface area contributed by atoms with E-state index in [-0.39, 0.29) is 17.1 Å². The van der Waals surface area contributed by atoms with Crippen molar-refractivity contribution in [2.75, 3.05) is 18.2 Å². The number of hydrogen-bond acceptors (Lipinski definition) is 4. The number of fused-ring (bicyclic) bond motifs is 1. The molecule has 0 saturated carbocycles. The molecule has 3 rings (SSSR count). The summed E-state index contributed by atoms with van der Waals surface area (Å²) < 4.78 is 5.10. The van der Waals surface area contributed by atoms with Gasteiger partial charge in [0.2, 0.25) is 5.91 Å². The summed E-state index contributed by atoms with van der Waals surface area (Å²) in [7, 11) is 1.54. The van der Waals surface area contributed by atoms with Crippen molar-refractivity contribution in [3.05, 3.63) is 68.5 Å². The van der Waals surface area contributed by atoms with E-state index in [1.54, 1.807) is 24.3 Å². The van der Waals surface area contributed by atoms with E-state index in [1.807, 2.05) is 26.0 Å². The van der Waals surface area contributed by atoms with Gasteiger partial charge in [0.1, 0.15) is 5.75 Å². The van der Waals surface area contributed by atoms with Crippen molar-refractivity contribution in [3.63, 3.8) is 0 Å². The minimum Gasteiger partial charge on any atom is -0.495 e. The van der Waals surface area contributed by atoms with Gasteiger partial charge in [-0.15, -0.1) is 11.8 Å². The maximum atomic E-state index is 12.4. The molecule has 1 aromatic heterocycles. The molecule has 0 aliphatic heterocycles. The van der Waals surface area contributed by atoms with Crippen LogP contribution in [0.4, 0.5) is 5.69 Å². The van der Waals surface area contributed by atoms with Crippen molar-refractivity contribution in [1.29, 1.82) is 0 Å². The first-order valence-electron chi connectivity index (χ1n) is 8.71. The number of halogens is 1. The second-order valence-electron chi connectivity index (χ2n) is 6.55. The largest absolute Gasteiger partial charge is 0.495 e. The van der Waals surface area contributed by atoms with E-state index in [4.69, 9.17) is 16.3 Å². The molecule has 0 radical (unpaired) electrons. The van der Waals surface area contributed by atoms with Crippen LogP contribution in [0.1, 0.15) is 16.8 Å². The first-order chi connectivity index (χ1) is 13.4. The zero-order chi connectivity index (χ0) is 20.3. The van der Waals surface area contributed by atoms with E-state index >= 15 is 0 Å². The average Bonchev–Trinajstić information content (AvgIpc) is 2.63.